The number of hydrogen-bond acceptors (Lipinski definition) is 1. The van der Waals surface area contributed by atoms with Crippen molar-refractivity contribution < 1.29 is 0 Å². The van der Waals surface area contributed by atoms with Crippen LogP contribution in [0.2, 0.25) is 0 Å². The zero-order chi connectivity index (χ0) is 20.1. The van der Waals surface area contributed by atoms with E-state index >= 15 is 0 Å². The molecule has 2 heteroatoms. The minimum absolute atomic E-state index is 1.10. The topological polar surface area (TPSA) is 12.0 Å². The lowest BCUT2D eigenvalue weighted by molar-refractivity contribution is 1.53. The molecule has 0 radical (unpaired) electrons. The largest absolute Gasteiger partial charge is 0.356 e. The van der Waals surface area contributed by atoms with Gasteiger partial charge in [-0.05, 0) is 102 Å². The molecular formula is C28H18IN. The molecule has 0 spiro atoms. The van der Waals surface area contributed by atoms with Gasteiger partial charge in [-0.2, -0.15) is 0 Å². The van der Waals surface area contributed by atoms with Gasteiger partial charge in [0.05, 0.1) is 0 Å². The first-order valence-electron chi connectivity index (χ1n) is 10.1. The Balaban J connectivity index is 1.45. The second-order valence-corrected chi connectivity index (χ2v) is 8.92. The molecule has 0 saturated heterocycles. The summed E-state index contributed by atoms with van der Waals surface area (Å²) in [6, 6.07) is 37.2. The fraction of sp³-hybridized carbons (Fsp3) is 0. The number of anilines is 2. The second-order valence-electron chi connectivity index (χ2n) is 7.68. The van der Waals surface area contributed by atoms with Gasteiger partial charge in [-0.1, -0.05) is 66.7 Å². The first-order valence-corrected chi connectivity index (χ1v) is 11.1. The van der Waals surface area contributed by atoms with Crippen LogP contribution in [-0.2, 0) is 0 Å². The van der Waals surface area contributed by atoms with Crippen LogP contribution in [0.4, 0.5) is 11.4 Å². The van der Waals surface area contributed by atoms with Crippen LogP contribution in [0.15, 0.2) is 103 Å². The number of halogens is 1. The van der Waals surface area contributed by atoms with Crippen molar-refractivity contribution in [2.75, 3.05) is 5.32 Å². The summed E-state index contributed by atoms with van der Waals surface area (Å²) < 4.78 is 1.24. The minimum Gasteiger partial charge on any atom is -0.356 e. The lowest BCUT2D eigenvalue weighted by atomic mass is 9.90. The first-order chi connectivity index (χ1) is 14.8. The molecule has 0 aliphatic heterocycles. The Kier molecular flexibility index (Phi) is 4.13. The molecule has 0 aliphatic carbocycles. The molecule has 0 fully saturated rings. The monoisotopic (exact) mass is 495 g/mol. The molecule has 6 aromatic carbocycles. The standard InChI is InChI=1S/C28H18IN/c29-22-10-14-24(15-11-22)30-23-12-6-18(7-13-23)25-16-8-21-5-4-19-2-1-3-20-9-17-26(25)28(21)27(19)20/h1-17,30H. The van der Waals surface area contributed by atoms with Gasteiger partial charge in [0.1, 0.15) is 0 Å². The fourth-order valence-corrected chi connectivity index (χ4v) is 4.78. The zero-order valence-corrected chi connectivity index (χ0v) is 18.4. The lowest BCUT2D eigenvalue weighted by Crippen LogP contribution is -1.91. The predicted molar refractivity (Wildman–Crippen MR) is 138 cm³/mol. The van der Waals surface area contributed by atoms with E-state index in [1.165, 1.54) is 47.0 Å². The Morgan fingerprint density at radius 3 is 1.77 bits per heavy atom. The summed E-state index contributed by atoms with van der Waals surface area (Å²) in [6.07, 6.45) is 0. The van der Waals surface area contributed by atoms with Gasteiger partial charge in [0.25, 0.3) is 0 Å². The Labute approximate surface area is 188 Å². The van der Waals surface area contributed by atoms with Crippen LogP contribution in [0.3, 0.4) is 0 Å². The first kappa shape index (κ1) is 17.7. The van der Waals surface area contributed by atoms with Crippen LogP contribution in [0, 0.1) is 3.57 Å². The van der Waals surface area contributed by atoms with Crippen molar-refractivity contribution >= 4 is 66.3 Å². The second kappa shape index (κ2) is 6.99. The maximum Gasteiger partial charge on any atom is 0.0384 e. The molecule has 6 aromatic rings. The highest BCUT2D eigenvalue weighted by Crippen LogP contribution is 2.39. The molecule has 0 bridgehead atoms. The Morgan fingerprint density at radius 1 is 0.500 bits per heavy atom. The van der Waals surface area contributed by atoms with Crippen molar-refractivity contribution in [1.29, 1.82) is 0 Å². The molecule has 0 heterocycles. The number of nitrogens with one attached hydrogen (secondary N) is 1. The van der Waals surface area contributed by atoms with Crippen molar-refractivity contribution in [1.82, 2.24) is 0 Å². The van der Waals surface area contributed by atoms with Crippen LogP contribution < -0.4 is 5.32 Å². The van der Waals surface area contributed by atoms with E-state index in [0.717, 1.165) is 11.4 Å². The molecule has 0 atom stereocenters. The fourth-order valence-electron chi connectivity index (χ4n) is 4.42. The van der Waals surface area contributed by atoms with Crippen molar-refractivity contribution in [2.24, 2.45) is 0 Å². The highest BCUT2D eigenvalue weighted by Gasteiger charge is 2.11. The van der Waals surface area contributed by atoms with Gasteiger partial charge in [-0.15, -0.1) is 0 Å². The molecule has 0 saturated carbocycles. The maximum absolute atomic E-state index is 3.48. The average molecular weight is 495 g/mol. The molecule has 30 heavy (non-hydrogen) atoms. The summed E-state index contributed by atoms with van der Waals surface area (Å²) in [6.45, 7) is 0. The summed E-state index contributed by atoms with van der Waals surface area (Å²) in [4.78, 5) is 0. The third-order valence-corrected chi connectivity index (χ3v) is 6.58. The maximum atomic E-state index is 3.48. The lowest BCUT2D eigenvalue weighted by Gasteiger charge is -2.14. The molecule has 6 rings (SSSR count). The third kappa shape index (κ3) is 2.91. The molecule has 0 unspecified atom stereocenters. The van der Waals surface area contributed by atoms with Crippen LogP contribution in [0.1, 0.15) is 0 Å². The Hall–Kier alpha value is -3.11. The van der Waals surface area contributed by atoms with Gasteiger partial charge in [-0.3, -0.25) is 0 Å². The van der Waals surface area contributed by atoms with Crippen LogP contribution >= 0.6 is 22.6 Å². The SMILES string of the molecule is Ic1ccc(Nc2ccc(-c3ccc4ccc5cccc6ccc3c4c56)cc2)cc1. The molecular weight excluding hydrogens is 477 g/mol. The third-order valence-electron chi connectivity index (χ3n) is 5.86. The van der Waals surface area contributed by atoms with Gasteiger partial charge in [-0.25, -0.2) is 0 Å². The number of rotatable bonds is 3. The smallest absolute Gasteiger partial charge is 0.0384 e. The Morgan fingerprint density at radius 2 is 1.07 bits per heavy atom. The van der Waals surface area contributed by atoms with Gasteiger partial charge >= 0.3 is 0 Å². The normalized spacial score (nSPS) is 11.5. The van der Waals surface area contributed by atoms with E-state index < -0.39 is 0 Å². The molecule has 1 N–H and O–H groups in total. The van der Waals surface area contributed by atoms with Gasteiger partial charge < -0.3 is 5.32 Å². The van der Waals surface area contributed by atoms with E-state index in [1.54, 1.807) is 0 Å². The summed E-state index contributed by atoms with van der Waals surface area (Å²) in [7, 11) is 0. The average Bonchev–Trinajstić information content (AvgIpc) is 2.79. The van der Waals surface area contributed by atoms with Gasteiger partial charge in [0.15, 0.2) is 0 Å². The van der Waals surface area contributed by atoms with E-state index in [0.29, 0.717) is 0 Å². The quantitative estimate of drug-likeness (QED) is 0.192. The highest BCUT2D eigenvalue weighted by molar-refractivity contribution is 14.1. The van der Waals surface area contributed by atoms with Crippen molar-refractivity contribution in [2.45, 2.75) is 0 Å². The Bertz CT molecular complexity index is 1480. The number of benzene rings is 6. The zero-order valence-electron chi connectivity index (χ0n) is 16.2. The molecule has 0 aliphatic rings. The summed E-state index contributed by atoms with van der Waals surface area (Å²) in [5.41, 5.74) is 4.71. The van der Waals surface area contributed by atoms with Crippen LogP contribution in [0.25, 0.3) is 43.4 Å². The molecule has 1 nitrogen and oxygen atoms in total. The van der Waals surface area contributed by atoms with Gasteiger partial charge in [0.2, 0.25) is 0 Å². The molecule has 0 amide bonds. The van der Waals surface area contributed by atoms with Crippen molar-refractivity contribution in [3.05, 3.63) is 107 Å². The predicted octanol–water partition coefficient (Wildman–Crippen LogP) is 8.60. The van der Waals surface area contributed by atoms with E-state index in [1.807, 2.05) is 0 Å². The highest BCUT2D eigenvalue weighted by atomic mass is 127. The van der Waals surface area contributed by atoms with Gasteiger partial charge in [0, 0.05) is 14.9 Å². The van der Waals surface area contributed by atoms with E-state index in [-0.39, 0.29) is 0 Å². The molecule has 142 valence electrons. The number of hydrogen-bond donors (Lipinski definition) is 1. The van der Waals surface area contributed by atoms with Crippen LogP contribution in [-0.4, -0.2) is 0 Å². The van der Waals surface area contributed by atoms with Crippen molar-refractivity contribution in [3.63, 3.8) is 0 Å². The van der Waals surface area contributed by atoms with Crippen LogP contribution in [0.5, 0.6) is 0 Å². The summed E-state index contributed by atoms with van der Waals surface area (Å²) in [5.74, 6) is 0. The summed E-state index contributed by atoms with van der Waals surface area (Å²) >= 11 is 2.33. The van der Waals surface area contributed by atoms with E-state index in [2.05, 4.69) is 131 Å². The molecule has 0 aromatic heterocycles. The van der Waals surface area contributed by atoms with E-state index in [4.69, 9.17) is 0 Å². The minimum atomic E-state index is 1.10. The van der Waals surface area contributed by atoms with E-state index in [9.17, 15) is 0 Å². The summed E-state index contributed by atoms with van der Waals surface area (Å²) in [5, 5.41) is 11.4. The van der Waals surface area contributed by atoms with Crippen molar-refractivity contribution in [3.8, 4) is 11.1 Å².